The van der Waals surface area contributed by atoms with Crippen LogP contribution in [-0.4, -0.2) is 39.4 Å². The van der Waals surface area contributed by atoms with Crippen molar-refractivity contribution in [3.05, 3.63) is 23.5 Å². The van der Waals surface area contributed by atoms with E-state index in [9.17, 15) is 9.18 Å². The molecular formula is C13H20FN3O3. The molecule has 0 aliphatic rings. The maximum Gasteiger partial charge on any atom is 0.250 e. The maximum atomic E-state index is 13.6. The SMILES string of the molecule is COCCOCCCNc1cc(C(N)=O)c(N)cc1F. The first-order chi connectivity index (χ1) is 9.56. The molecule has 0 aliphatic heterocycles. The minimum Gasteiger partial charge on any atom is -0.398 e. The Kier molecular flexibility index (Phi) is 6.75. The Hall–Kier alpha value is -1.86. The molecule has 1 amide bonds. The fourth-order valence-corrected chi connectivity index (χ4v) is 1.58. The number of halogens is 1. The summed E-state index contributed by atoms with van der Waals surface area (Å²) in [6, 6.07) is 2.40. The normalized spacial score (nSPS) is 10.5. The van der Waals surface area contributed by atoms with Crippen molar-refractivity contribution < 1.29 is 18.7 Å². The van der Waals surface area contributed by atoms with E-state index in [4.69, 9.17) is 20.9 Å². The Morgan fingerprint density at radius 1 is 1.35 bits per heavy atom. The molecule has 7 heteroatoms. The summed E-state index contributed by atoms with van der Waals surface area (Å²) in [7, 11) is 1.60. The highest BCUT2D eigenvalue weighted by molar-refractivity contribution is 5.99. The number of nitrogen functional groups attached to an aromatic ring is 1. The molecule has 0 heterocycles. The van der Waals surface area contributed by atoms with Crippen molar-refractivity contribution >= 4 is 17.3 Å². The zero-order valence-corrected chi connectivity index (χ0v) is 11.4. The first-order valence-corrected chi connectivity index (χ1v) is 6.25. The van der Waals surface area contributed by atoms with Gasteiger partial charge in [0, 0.05) is 25.9 Å². The Labute approximate surface area is 117 Å². The van der Waals surface area contributed by atoms with Gasteiger partial charge < -0.3 is 26.3 Å². The number of carbonyl (C=O) groups is 1. The number of hydrogen-bond acceptors (Lipinski definition) is 5. The maximum absolute atomic E-state index is 13.6. The molecule has 0 aliphatic carbocycles. The van der Waals surface area contributed by atoms with E-state index in [-0.39, 0.29) is 16.9 Å². The van der Waals surface area contributed by atoms with Gasteiger partial charge in [0.1, 0.15) is 5.82 Å². The Morgan fingerprint density at radius 2 is 2.10 bits per heavy atom. The van der Waals surface area contributed by atoms with Gasteiger partial charge in [-0.05, 0) is 18.6 Å². The topological polar surface area (TPSA) is 99.6 Å². The number of hydrogen-bond donors (Lipinski definition) is 3. The van der Waals surface area contributed by atoms with Gasteiger partial charge in [-0.2, -0.15) is 0 Å². The van der Waals surface area contributed by atoms with Crippen LogP contribution in [0.2, 0.25) is 0 Å². The second-order valence-corrected chi connectivity index (χ2v) is 4.17. The molecule has 0 spiro atoms. The Morgan fingerprint density at radius 3 is 2.75 bits per heavy atom. The standard InChI is InChI=1S/C13H20FN3O3/c1-19-5-6-20-4-2-3-17-12-7-9(13(16)18)11(15)8-10(12)14/h7-8,17H,2-6,15H2,1H3,(H2,16,18). The number of ether oxygens (including phenoxy) is 2. The predicted octanol–water partition coefficient (Wildman–Crippen LogP) is 0.972. The molecule has 1 rings (SSSR count). The summed E-state index contributed by atoms with van der Waals surface area (Å²) in [5, 5.41) is 2.88. The highest BCUT2D eigenvalue weighted by Crippen LogP contribution is 2.21. The fraction of sp³-hybridized carbons (Fsp3) is 0.462. The second kappa shape index (κ2) is 8.34. The van der Waals surface area contributed by atoms with Crippen molar-refractivity contribution in [2.75, 3.05) is 44.5 Å². The smallest absolute Gasteiger partial charge is 0.250 e. The predicted molar refractivity (Wildman–Crippen MR) is 75.1 cm³/mol. The Balaban J connectivity index is 2.44. The third-order valence-electron chi connectivity index (χ3n) is 2.62. The van der Waals surface area contributed by atoms with E-state index in [1.165, 1.54) is 6.07 Å². The molecule has 5 N–H and O–H groups in total. The number of benzene rings is 1. The van der Waals surface area contributed by atoms with Gasteiger partial charge in [-0.25, -0.2) is 4.39 Å². The average molecular weight is 285 g/mol. The molecule has 0 radical (unpaired) electrons. The summed E-state index contributed by atoms with van der Waals surface area (Å²) in [6.45, 7) is 2.11. The van der Waals surface area contributed by atoms with Gasteiger partial charge >= 0.3 is 0 Å². The number of amides is 1. The van der Waals surface area contributed by atoms with Crippen LogP contribution >= 0.6 is 0 Å². The molecule has 0 saturated carbocycles. The number of methoxy groups -OCH3 is 1. The number of rotatable bonds is 9. The number of anilines is 2. The summed E-state index contributed by atoms with van der Waals surface area (Å²) in [6.07, 6.45) is 0.694. The summed E-state index contributed by atoms with van der Waals surface area (Å²) in [4.78, 5) is 11.1. The van der Waals surface area contributed by atoms with Gasteiger partial charge in [0.2, 0.25) is 0 Å². The van der Waals surface area contributed by atoms with Gasteiger partial charge in [-0.15, -0.1) is 0 Å². The first-order valence-electron chi connectivity index (χ1n) is 6.25. The summed E-state index contributed by atoms with van der Waals surface area (Å²) >= 11 is 0. The second-order valence-electron chi connectivity index (χ2n) is 4.17. The van der Waals surface area contributed by atoms with Crippen molar-refractivity contribution in [3.8, 4) is 0 Å². The van der Waals surface area contributed by atoms with E-state index in [1.54, 1.807) is 7.11 Å². The highest BCUT2D eigenvalue weighted by Gasteiger charge is 2.11. The molecular weight excluding hydrogens is 265 g/mol. The van der Waals surface area contributed by atoms with E-state index in [0.717, 1.165) is 6.07 Å². The molecule has 0 bridgehead atoms. The van der Waals surface area contributed by atoms with E-state index >= 15 is 0 Å². The van der Waals surface area contributed by atoms with Crippen molar-refractivity contribution in [3.63, 3.8) is 0 Å². The van der Waals surface area contributed by atoms with E-state index in [1.807, 2.05) is 0 Å². The number of nitrogens with one attached hydrogen (secondary N) is 1. The van der Waals surface area contributed by atoms with E-state index in [0.29, 0.717) is 32.8 Å². The quantitative estimate of drug-likeness (QED) is 0.464. The van der Waals surface area contributed by atoms with Gasteiger partial charge in [0.15, 0.2) is 0 Å². The van der Waals surface area contributed by atoms with Gasteiger partial charge in [0.25, 0.3) is 5.91 Å². The molecule has 6 nitrogen and oxygen atoms in total. The molecule has 0 fully saturated rings. The third kappa shape index (κ3) is 5.02. The van der Waals surface area contributed by atoms with Crippen molar-refractivity contribution in [1.29, 1.82) is 0 Å². The third-order valence-corrected chi connectivity index (χ3v) is 2.62. The first kappa shape index (κ1) is 16.2. The van der Waals surface area contributed by atoms with Crippen LogP contribution in [0.1, 0.15) is 16.8 Å². The zero-order valence-electron chi connectivity index (χ0n) is 11.4. The summed E-state index contributed by atoms with van der Waals surface area (Å²) in [5.41, 5.74) is 11.0. The molecule has 1 aromatic carbocycles. The number of carbonyl (C=O) groups excluding carboxylic acids is 1. The molecule has 1 aromatic rings. The average Bonchev–Trinajstić information content (AvgIpc) is 2.39. The molecule has 0 atom stereocenters. The van der Waals surface area contributed by atoms with Crippen molar-refractivity contribution in [1.82, 2.24) is 0 Å². The lowest BCUT2D eigenvalue weighted by molar-refractivity contribution is 0.0705. The van der Waals surface area contributed by atoms with Gasteiger partial charge in [0.05, 0.1) is 24.5 Å². The van der Waals surface area contributed by atoms with Crippen LogP contribution in [-0.2, 0) is 9.47 Å². The molecule has 0 aromatic heterocycles. The van der Waals surface area contributed by atoms with Crippen LogP contribution in [0.25, 0.3) is 0 Å². The van der Waals surface area contributed by atoms with Crippen LogP contribution in [0.3, 0.4) is 0 Å². The van der Waals surface area contributed by atoms with Crippen LogP contribution < -0.4 is 16.8 Å². The lowest BCUT2D eigenvalue weighted by Crippen LogP contribution is -2.15. The molecule has 20 heavy (non-hydrogen) atoms. The highest BCUT2D eigenvalue weighted by atomic mass is 19.1. The molecule has 112 valence electrons. The van der Waals surface area contributed by atoms with Gasteiger partial charge in [-0.1, -0.05) is 0 Å². The summed E-state index contributed by atoms with van der Waals surface area (Å²) < 4.78 is 23.7. The van der Waals surface area contributed by atoms with Crippen LogP contribution in [0, 0.1) is 5.82 Å². The number of nitrogens with two attached hydrogens (primary N) is 2. The van der Waals surface area contributed by atoms with Crippen LogP contribution in [0.4, 0.5) is 15.8 Å². The lowest BCUT2D eigenvalue weighted by atomic mass is 10.1. The number of primary amides is 1. The minimum atomic E-state index is -0.687. The van der Waals surface area contributed by atoms with Gasteiger partial charge in [-0.3, -0.25) is 4.79 Å². The fourth-order valence-electron chi connectivity index (χ4n) is 1.58. The van der Waals surface area contributed by atoms with Crippen LogP contribution in [0.15, 0.2) is 12.1 Å². The Bertz CT molecular complexity index is 455. The monoisotopic (exact) mass is 285 g/mol. The van der Waals surface area contributed by atoms with E-state index in [2.05, 4.69) is 5.32 Å². The van der Waals surface area contributed by atoms with E-state index < -0.39 is 11.7 Å². The lowest BCUT2D eigenvalue weighted by Gasteiger charge is -2.10. The molecule has 0 saturated heterocycles. The van der Waals surface area contributed by atoms with Crippen molar-refractivity contribution in [2.45, 2.75) is 6.42 Å². The minimum absolute atomic E-state index is 0.0310. The molecule has 0 unspecified atom stereocenters. The van der Waals surface area contributed by atoms with Crippen molar-refractivity contribution in [2.24, 2.45) is 5.73 Å². The largest absolute Gasteiger partial charge is 0.398 e. The van der Waals surface area contributed by atoms with Crippen LogP contribution in [0.5, 0.6) is 0 Å². The summed E-state index contributed by atoms with van der Waals surface area (Å²) in [5.74, 6) is -1.21. The zero-order chi connectivity index (χ0) is 15.0.